The van der Waals surface area contributed by atoms with Crippen LogP contribution in [0.2, 0.25) is 0 Å². The van der Waals surface area contributed by atoms with E-state index in [0.29, 0.717) is 24.4 Å². The Kier molecular flexibility index (Phi) is 5.15. The molecule has 0 bridgehead atoms. The molecule has 1 aliphatic heterocycles. The molecule has 1 atom stereocenters. The number of amides is 1. The first kappa shape index (κ1) is 17.1. The summed E-state index contributed by atoms with van der Waals surface area (Å²) in [4.78, 5) is 46.8. The molecular weight excluding hydrogens is 320 g/mol. The van der Waals surface area contributed by atoms with Crippen molar-refractivity contribution in [2.24, 2.45) is 5.92 Å². The maximum absolute atomic E-state index is 12.2. The van der Waals surface area contributed by atoms with E-state index < -0.39 is 4.92 Å². The van der Waals surface area contributed by atoms with Crippen LogP contribution in [0.15, 0.2) is 18.2 Å². The Morgan fingerprint density at radius 2 is 2.09 bits per heavy atom. The maximum Gasteiger partial charge on any atom is 0.270 e. The molecule has 1 aromatic carbocycles. The number of carbonyl (C=O) groups excluding carboxylic acids is 3. The van der Waals surface area contributed by atoms with Crippen molar-refractivity contribution in [1.82, 2.24) is 0 Å². The van der Waals surface area contributed by atoms with Crippen LogP contribution in [-0.4, -0.2) is 34.0 Å². The molecular formula is C15H16N2O5S. The highest BCUT2D eigenvalue weighted by Crippen LogP contribution is 2.32. The van der Waals surface area contributed by atoms with E-state index in [1.807, 2.05) is 0 Å². The second kappa shape index (κ2) is 6.91. The predicted octanol–water partition coefficient (Wildman–Crippen LogP) is 2.43. The Balaban J connectivity index is 2.27. The first-order chi connectivity index (χ1) is 10.8. The number of rotatable bonds is 5. The van der Waals surface area contributed by atoms with Gasteiger partial charge in [-0.15, -0.1) is 0 Å². The molecule has 1 aliphatic rings. The summed E-state index contributed by atoms with van der Waals surface area (Å²) in [5.41, 5.74) is 0.366. The third-order valence-corrected chi connectivity index (χ3v) is 4.63. The van der Waals surface area contributed by atoms with Crippen molar-refractivity contribution in [2.45, 2.75) is 20.3 Å². The van der Waals surface area contributed by atoms with Gasteiger partial charge in [0.2, 0.25) is 5.91 Å². The number of nitrogens with zero attached hydrogens (tertiary/aromatic N) is 2. The van der Waals surface area contributed by atoms with Crippen LogP contribution < -0.4 is 4.90 Å². The van der Waals surface area contributed by atoms with E-state index in [-0.39, 0.29) is 34.0 Å². The van der Waals surface area contributed by atoms with E-state index in [4.69, 9.17) is 0 Å². The summed E-state index contributed by atoms with van der Waals surface area (Å²) in [5, 5.41) is 10.8. The van der Waals surface area contributed by atoms with E-state index in [2.05, 4.69) is 0 Å². The summed E-state index contributed by atoms with van der Waals surface area (Å²) in [6.45, 7) is 3.19. The van der Waals surface area contributed by atoms with Crippen molar-refractivity contribution >= 4 is 39.9 Å². The molecule has 0 spiro atoms. The highest BCUT2D eigenvalue weighted by molar-refractivity contribution is 8.13. The number of thioether (sulfide) groups is 1. The SMILES string of the molecule is CC(=O)SCC1CC(=O)N(c2ccc([N+](=O)[O-])cc2C(C)=O)C1. The van der Waals surface area contributed by atoms with Crippen LogP contribution in [-0.2, 0) is 9.59 Å². The van der Waals surface area contributed by atoms with Gasteiger partial charge in [-0.3, -0.25) is 24.5 Å². The number of carbonyl (C=O) groups is 3. The number of nitro groups is 1. The molecule has 1 saturated heterocycles. The normalized spacial score (nSPS) is 17.4. The van der Waals surface area contributed by atoms with Crippen LogP contribution in [0.1, 0.15) is 30.6 Å². The minimum Gasteiger partial charge on any atom is -0.311 e. The topological polar surface area (TPSA) is 97.6 Å². The Hall–Kier alpha value is -2.22. The smallest absolute Gasteiger partial charge is 0.270 e. The van der Waals surface area contributed by atoms with Crippen molar-refractivity contribution in [1.29, 1.82) is 0 Å². The zero-order chi connectivity index (χ0) is 17.1. The summed E-state index contributed by atoms with van der Waals surface area (Å²) in [6, 6.07) is 3.92. The Morgan fingerprint density at radius 3 is 2.65 bits per heavy atom. The van der Waals surface area contributed by atoms with Crippen LogP contribution in [0.4, 0.5) is 11.4 Å². The summed E-state index contributed by atoms with van der Waals surface area (Å²) >= 11 is 1.17. The van der Waals surface area contributed by atoms with Crippen molar-refractivity contribution < 1.29 is 19.3 Å². The van der Waals surface area contributed by atoms with Gasteiger partial charge in [-0.1, -0.05) is 11.8 Å². The zero-order valence-electron chi connectivity index (χ0n) is 12.8. The fraction of sp³-hybridized carbons (Fsp3) is 0.400. The molecule has 0 N–H and O–H groups in total. The van der Waals surface area contributed by atoms with Crippen LogP contribution >= 0.6 is 11.8 Å². The highest BCUT2D eigenvalue weighted by atomic mass is 32.2. The largest absolute Gasteiger partial charge is 0.311 e. The van der Waals surface area contributed by atoms with Crippen LogP contribution in [0, 0.1) is 16.0 Å². The highest BCUT2D eigenvalue weighted by Gasteiger charge is 2.33. The minimum absolute atomic E-state index is 0.00402. The van der Waals surface area contributed by atoms with E-state index in [1.54, 1.807) is 0 Å². The fourth-order valence-electron chi connectivity index (χ4n) is 2.52. The van der Waals surface area contributed by atoms with E-state index >= 15 is 0 Å². The van der Waals surface area contributed by atoms with E-state index in [1.165, 1.54) is 48.7 Å². The lowest BCUT2D eigenvalue weighted by molar-refractivity contribution is -0.384. The average molecular weight is 336 g/mol. The minimum atomic E-state index is -0.575. The second-order valence-electron chi connectivity index (χ2n) is 5.39. The Labute approximate surface area is 137 Å². The van der Waals surface area contributed by atoms with E-state index in [9.17, 15) is 24.5 Å². The van der Waals surface area contributed by atoms with Gasteiger partial charge in [0, 0.05) is 43.3 Å². The fourth-order valence-corrected chi connectivity index (χ4v) is 3.21. The lowest BCUT2D eigenvalue weighted by Crippen LogP contribution is -2.26. The van der Waals surface area contributed by atoms with Crippen LogP contribution in [0.3, 0.4) is 0 Å². The second-order valence-corrected chi connectivity index (χ2v) is 6.59. The van der Waals surface area contributed by atoms with Crippen molar-refractivity contribution in [3.63, 3.8) is 0 Å². The molecule has 0 aromatic heterocycles. The maximum atomic E-state index is 12.2. The molecule has 1 fully saturated rings. The molecule has 1 heterocycles. The average Bonchev–Trinajstić information content (AvgIpc) is 2.85. The molecule has 0 radical (unpaired) electrons. The molecule has 1 unspecified atom stereocenters. The van der Waals surface area contributed by atoms with Crippen molar-refractivity contribution in [2.75, 3.05) is 17.2 Å². The quantitative estimate of drug-likeness (QED) is 0.465. The van der Waals surface area contributed by atoms with Crippen LogP contribution in [0.25, 0.3) is 0 Å². The molecule has 7 nitrogen and oxygen atoms in total. The number of ketones is 1. The Bertz CT molecular complexity index is 688. The van der Waals surface area contributed by atoms with Gasteiger partial charge in [0.1, 0.15) is 0 Å². The summed E-state index contributed by atoms with van der Waals surface area (Å²) in [7, 11) is 0. The molecule has 0 aliphatic carbocycles. The van der Waals surface area contributed by atoms with Gasteiger partial charge in [-0.25, -0.2) is 0 Å². The first-order valence-electron chi connectivity index (χ1n) is 7.02. The molecule has 1 amide bonds. The monoisotopic (exact) mass is 336 g/mol. The summed E-state index contributed by atoms with van der Waals surface area (Å²) in [6.07, 6.45) is 0.300. The number of hydrogen-bond acceptors (Lipinski definition) is 6. The molecule has 122 valence electrons. The van der Waals surface area contributed by atoms with E-state index in [0.717, 1.165) is 0 Å². The Morgan fingerprint density at radius 1 is 1.39 bits per heavy atom. The van der Waals surface area contributed by atoms with Crippen molar-refractivity contribution in [3.05, 3.63) is 33.9 Å². The third-order valence-electron chi connectivity index (χ3n) is 3.59. The number of Topliss-reactive ketones (excluding diaryl/α,β-unsaturated/α-hetero) is 1. The number of non-ortho nitro benzene ring substituents is 1. The number of benzene rings is 1. The third kappa shape index (κ3) is 3.95. The lowest BCUT2D eigenvalue weighted by Gasteiger charge is -2.19. The van der Waals surface area contributed by atoms with Crippen molar-refractivity contribution in [3.8, 4) is 0 Å². The lowest BCUT2D eigenvalue weighted by atomic mass is 10.1. The van der Waals surface area contributed by atoms with Gasteiger partial charge in [-0.05, 0) is 18.9 Å². The molecule has 8 heteroatoms. The van der Waals surface area contributed by atoms with Gasteiger partial charge < -0.3 is 4.90 Å². The number of nitro benzene ring substituents is 1. The standard InChI is InChI=1S/C15H16N2O5S/c1-9(18)13-6-12(17(21)22)3-4-14(13)16-7-11(5-15(16)20)8-23-10(2)19/h3-4,6,11H,5,7-8H2,1-2H3. The zero-order valence-corrected chi connectivity index (χ0v) is 13.6. The van der Waals surface area contributed by atoms with Gasteiger partial charge in [0.25, 0.3) is 5.69 Å². The summed E-state index contributed by atoms with van der Waals surface area (Å²) < 4.78 is 0. The first-order valence-corrected chi connectivity index (χ1v) is 8.01. The number of anilines is 1. The van der Waals surface area contributed by atoms with Gasteiger partial charge in [0.05, 0.1) is 10.6 Å². The molecule has 2 rings (SSSR count). The number of hydrogen-bond donors (Lipinski definition) is 0. The molecule has 23 heavy (non-hydrogen) atoms. The van der Waals surface area contributed by atoms with Crippen LogP contribution in [0.5, 0.6) is 0 Å². The van der Waals surface area contributed by atoms with Gasteiger partial charge in [-0.2, -0.15) is 0 Å². The van der Waals surface area contributed by atoms with Gasteiger partial charge >= 0.3 is 0 Å². The predicted molar refractivity (Wildman–Crippen MR) is 86.7 cm³/mol. The molecule has 0 saturated carbocycles. The summed E-state index contributed by atoms with van der Waals surface area (Å²) in [5.74, 6) is 0.0833. The van der Waals surface area contributed by atoms with Gasteiger partial charge in [0.15, 0.2) is 10.9 Å². The molecule has 1 aromatic rings.